The van der Waals surface area contributed by atoms with Crippen LogP contribution in [0.2, 0.25) is 0 Å². The second-order valence-electron chi connectivity index (χ2n) is 6.31. The van der Waals surface area contributed by atoms with Crippen molar-refractivity contribution in [1.29, 1.82) is 0 Å². The van der Waals surface area contributed by atoms with Crippen LogP contribution in [0.15, 0.2) is 45.8 Å². The fraction of sp³-hybridized carbons (Fsp3) is 0.286. The smallest absolute Gasteiger partial charge is 0.340 e. The molecule has 1 heterocycles. The van der Waals surface area contributed by atoms with Gasteiger partial charge in [-0.05, 0) is 48.1 Å². The highest BCUT2D eigenvalue weighted by molar-refractivity contribution is 9.10. The van der Waals surface area contributed by atoms with Crippen LogP contribution in [0.3, 0.4) is 0 Å². The molecule has 0 aliphatic carbocycles. The van der Waals surface area contributed by atoms with Crippen LogP contribution < -0.4 is 5.32 Å². The van der Waals surface area contributed by atoms with E-state index in [1.54, 1.807) is 18.7 Å². The molecule has 0 bridgehead atoms. The number of carbonyl (C=O) groups excluding carboxylic acids is 1. The van der Waals surface area contributed by atoms with Gasteiger partial charge in [-0.3, -0.25) is 0 Å². The lowest BCUT2D eigenvalue weighted by Gasteiger charge is -2.10. The predicted molar refractivity (Wildman–Crippen MR) is 128 cm³/mol. The van der Waals surface area contributed by atoms with Crippen LogP contribution in [0, 0.1) is 0 Å². The zero-order valence-electron chi connectivity index (χ0n) is 17.0. The number of nitrogens with one attached hydrogen (secondary N) is 1. The zero-order valence-corrected chi connectivity index (χ0v) is 20.2. The van der Waals surface area contributed by atoms with Gasteiger partial charge in [-0.2, -0.15) is 0 Å². The molecule has 0 aliphatic heterocycles. The zero-order chi connectivity index (χ0) is 20.3. The minimum Gasteiger partial charge on any atom is -0.506 e. The average molecular weight is 518 g/mol. The van der Waals surface area contributed by atoms with E-state index in [2.05, 4.69) is 21.2 Å². The monoisotopic (exact) mass is 516 g/mol. The SMILES string of the molecule is CCOC(=O)c1c(CSc2ccccc2)n(C)c2cc(Br)c(O)c(CNC)c12.Cl.O. The Morgan fingerprint density at radius 1 is 1.30 bits per heavy atom. The van der Waals surface area contributed by atoms with E-state index in [4.69, 9.17) is 4.74 Å². The van der Waals surface area contributed by atoms with Crippen LogP contribution in [0.4, 0.5) is 0 Å². The Hall–Kier alpha value is -1.71. The van der Waals surface area contributed by atoms with Gasteiger partial charge in [0.05, 0.1) is 22.2 Å². The van der Waals surface area contributed by atoms with E-state index in [1.807, 2.05) is 55.1 Å². The van der Waals surface area contributed by atoms with Crippen molar-refractivity contribution in [2.75, 3.05) is 13.7 Å². The van der Waals surface area contributed by atoms with Crippen LogP contribution in [0.5, 0.6) is 5.75 Å². The van der Waals surface area contributed by atoms with Gasteiger partial charge in [0, 0.05) is 40.9 Å². The van der Waals surface area contributed by atoms with Crippen molar-refractivity contribution in [3.05, 3.63) is 57.7 Å². The quantitative estimate of drug-likeness (QED) is 0.357. The van der Waals surface area contributed by atoms with Crippen molar-refractivity contribution in [3.63, 3.8) is 0 Å². The molecule has 0 saturated heterocycles. The summed E-state index contributed by atoms with van der Waals surface area (Å²) in [5.74, 6) is 0.386. The Kier molecular flexibility index (Phi) is 10.2. The van der Waals surface area contributed by atoms with Crippen LogP contribution in [-0.2, 0) is 24.1 Å². The molecule has 30 heavy (non-hydrogen) atoms. The second-order valence-corrected chi connectivity index (χ2v) is 8.22. The number of hydrogen-bond acceptors (Lipinski definition) is 5. The molecule has 0 aliphatic rings. The largest absolute Gasteiger partial charge is 0.506 e. The highest BCUT2D eigenvalue weighted by atomic mass is 79.9. The van der Waals surface area contributed by atoms with Crippen molar-refractivity contribution in [2.45, 2.75) is 24.1 Å². The first-order valence-electron chi connectivity index (χ1n) is 9.00. The fourth-order valence-corrected chi connectivity index (χ4v) is 4.74. The molecule has 0 amide bonds. The van der Waals surface area contributed by atoms with Gasteiger partial charge in [0.2, 0.25) is 0 Å². The number of aromatic nitrogens is 1. The second kappa shape index (κ2) is 11.6. The van der Waals surface area contributed by atoms with Crippen LogP contribution in [0.25, 0.3) is 10.9 Å². The normalized spacial score (nSPS) is 10.4. The van der Waals surface area contributed by atoms with Crippen LogP contribution in [-0.4, -0.2) is 34.8 Å². The van der Waals surface area contributed by atoms with Gasteiger partial charge in [0.1, 0.15) is 5.75 Å². The number of fused-ring (bicyclic) bond motifs is 1. The fourth-order valence-electron chi connectivity index (χ4n) is 3.29. The molecular weight excluding hydrogens is 492 g/mol. The van der Waals surface area contributed by atoms with E-state index >= 15 is 0 Å². The number of rotatable bonds is 7. The minimum absolute atomic E-state index is 0. The summed E-state index contributed by atoms with van der Waals surface area (Å²) < 4.78 is 7.99. The summed E-state index contributed by atoms with van der Waals surface area (Å²) in [4.78, 5) is 14.0. The number of benzene rings is 2. The molecule has 1 aromatic heterocycles. The number of halogens is 2. The Bertz CT molecular complexity index is 1010. The topological polar surface area (TPSA) is 95.0 Å². The number of phenolic OH excluding ortho intramolecular Hbond substituents is 1. The molecule has 0 radical (unpaired) electrons. The van der Waals surface area contributed by atoms with Gasteiger partial charge in [0.25, 0.3) is 0 Å². The third kappa shape index (κ3) is 5.12. The summed E-state index contributed by atoms with van der Waals surface area (Å²) in [7, 11) is 3.75. The van der Waals surface area contributed by atoms with Crippen molar-refractivity contribution < 1.29 is 20.1 Å². The van der Waals surface area contributed by atoms with Gasteiger partial charge >= 0.3 is 5.97 Å². The molecule has 2 aromatic carbocycles. The molecule has 6 nitrogen and oxygen atoms in total. The lowest BCUT2D eigenvalue weighted by molar-refractivity contribution is 0.0527. The molecule has 0 spiro atoms. The summed E-state index contributed by atoms with van der Waals surface area (Å²) in [6.45, 7) is 2.53. The lowest BCUT2D eigenvalue weighted by Crippen LogP contribution is -2.10. The van der Waals surface area contributed by atoms with Gasteiger partial charge in [-0.1, -0.05) is 18.2 Å². The molecule has 9 heteroatoms. The van der Waals surface area contributed by atoms with Crippen LogP contribution in [0.1, 0.15) is 28.5 Å². The van der Waals surface area contributed by atoms with Crippen molar-refractivity contribution in [2.24, 2.45) is 7.05 Å². The van der Waals surface area contributed by atoms with E-state index < -0.39 is 0 Å². The van der Waals surface area contributed by atoms with Gasteiger partial charge in [-0.25, -0.2) is 4.79 Å². The van der Waals surface area contributed by atoms with E-state index in [-0.39, 0.29) is 29.6 Å². The maximum Gasteiger partial charge on any atom is 0.340 e. The van der Waals surface area contributed by atoms with Crippen molar-refractivity contribution in [1.82, 2.24) is 9.88 Å². The number of carbonyl (C=O) groups is 1. The third-order valence-corrected chi connectivity index (χ3v) is 6.22. The molecule has 0 unspecified atom stereocenters. The standard InChI is InChI=1S/C21H23BrN2O3S.ClH.H2O/c1-4-27-21(26)19-17(12-28-13-8-6-5-7-9-13)24(3)16-10-15(22)20(25)14(11-23-2)18(16)19;;/h5-10,23,25H,4,11-12H2,1-3H3;1H;1H2. The summed E-state index contributed by atoms with van der Waals surface area (Å²) in [5.41, 5.74) is 2.95. The highest BCUT2D eigenvalue weighted by Gasteiger charge is 2.26. The minimum atomic E-state index is -0.365. The molecule has 4 N–H and O–H groups in total. The maximum atomic E-state index is 12.9. The predicted octanol–water partition coefficient (Wildman–Crippen LogP) is 4.43. The van der Waals surface area contributed by atoms with Crippen LogP contribution >= 0.6 is 40.1 Å². The molecule has 0 atom stereocenters. The highest BCUT2D eigenvalue weighted by Crippen LogP contribution is 2.40. The van der Waals surface area contributed by atoms with Gasteiger partial charge in [-0.15, -0.1) is 24.2 Å². The summed E-state index contributed by atoms with van der Waals surface area (Å²) >= 11 is 5.10. The Morgan fingerprint density at radius 2 is 1.97 bits per heavy atom. The number of esters is 1. The Labute approximate surface area is 194 Å². The molecule has 164 valence electrons. The summed E-state index contributed by atoms with van der Waals surface area (Å²) in [6.07, 6.45) is 0. The molecular formula is C21H26BrClN2O4S. The van der Waals surface area contributed by atoms with Gasteiger partial charge in [0.15, 0.2) is 0 Å². The third-order valence-electron chi connectivity index (χ3n) is 4.59. The van der Waals surface area contributed by atoms with Crippen molar-refractivity contribution in [3.8, 4) is 5.75 Å². The lowest BCUT2D eigenvalue weighted by atomic mass is 10.0. The molecule has 3 aromatic rings. The number of aromatic hydroxyl groups is 1. The first-order chi connectivity index (χ1) is 13.5. The number of ether oxygens (including phenoxy) is 1. The summed E-state index contributed by atoms with van der Waals surface area (Å²) in [5, 5.41) is 14.4. The number of aryl methyl sites for hydroxylation is 1. The number of hydrogen-bond donors (Lipinski definition) is 2. The maximum absolute atomic E-state index is 12.9. The number of thioether (sulfide) groups is 1. The first kappa shape index (κ1) is 26.3. The van der Waals surface area contributed by atoms with Crippen molar-refractivity contribution >= 4 is 57.0 Å². The molecule has 3 rings (SSSR count). The van der Waals surface area contributed by atoms with E-state index in [0.29, 0.717) is 34.5 Å². The van der Waals surface area contributed by atoms with E-state index in [0.717, 1.165) is 21.5 Å². The Morgan fingerprint density at radius 3 is 2.57 bits per heavy atom. The van der Waals surface area contributed by atoms with Gasteiger partial charge < -0.3 is 25.2 Å². The first-order valence-corrected chi connectivity index (χ1v) is 10.8. The number of phenols is 1. The van der Waals surface area contributed by atoms with E-state index in [1.165, 1.54) is 0 Å². The Balaban J connectivity index is 0.00000225. The molecule has 0 fully saturated rings. The molecule has 0 saturated carbocycles. The summed E-state index contributed by atoms with van der Waals surface area (Å²) in [6, 6.07) is 11.9. The number of nitrogens with zero attached hydrogens (tertiary/aromatic N) is 1. The van der Waals surface area contributed by atoms with E-state index in [9.17, 15) is 9.90 Å². The average Bonchev–Trinajstić information content (AvgIpc) is 2.96.